The lowest BCUT2D eigenvalue weighted by Gasteiger charge is -2.27. The van der Waals surface area contributed by atoms with E-state index >= 15 is 0 Å². The molecule has 0 bridgehead atoms. The molecular formula is C15H23FN2O2. The lowest BCUT2D eigenvalue weighted by atomic mass is 9.97. The van der Waals surface area contributed by atoms with Crippen LogP contribution in [0.3, 0.4) is 0 Å². The minimum absolute atomic E-state index is 0.290. The molecule has 1 rings (SSSR count). The standard InChI is InChI=1S/C15H23FN2O2/c1-4-8-18-15(3,14(17)19)7-9-20-12-6-5-11(2)13(16)10-12/h5-6,10,18H,4,7-9H2,1-3H3,(H2,17,19). The summed E-state index contributed by atoms with van der Waals surface area (Å²) in [4.78, 5) is 11.5. The monoisotopic (exact) mass is 282 g/mol. The molecule has 0 saturated heterocycles. The van der Waals surface area contributed by atoms with Gasteiger partial charge >= 0.3 is 0 Å². The van der Waals surface area contributed by atoms with Crippen molar-refractivity contribution in [1.82, 2.24) is 5.32 Å². The summed E-state index contributed by atoms with van der Waals surface area (Å²) in [6.45, 7) is 6.46. The molecule has 0 heterocycles. The number of hydrogen-bond acceptors (Lipinski definition) is 3. The zero-order chi connectivity index (χ0) is 15.2. The molecular weight excluding hydrogens is 259 g/mol. The highest BCUT2D eigenvalue weighted by atomic mass is 19.1. The number of primary amides is 1. The lowest BCUT2D eigenvalue weighted by molar-refractivity contribution is -0.124. The molecule has 5 heteroatoms. The first-order valence-electron chi connectivity index (χ1n) is 6.83. The third-order valence-corrected chi connectivity index (χ3v) is 3.32. The molecule has 0 spiro atoms. The molecule has 0 fully saturated rings. The second kappa shape index (κ2) is 7.24. The molecule has 4 nitrogen and oxygen atoms in total. The highest BCUT2D eigenvalue weighted by Gasteiger charge is 2.29. The number of hydrogen-bond donors (Lipinski definition) is 2. The van der Waals surface area contributed by atoms with Crippen LogP contribution in [0.25, 0.3) is 0 Å². The van der Waals surface area contributed by atoms with Crippen molar-refractivity contribution >= 4 is 5.91 Å². The van der Waals surface area contributed by atoms with Gasteiger partial charge in [-0.05, 0) is 38.4 Å². The summed E-state index contributed by atoms with van der Waals surface area (Å²) >= 11 is 0. The van der Waals surface area contributed by atoms with Gasteiger partial charge in [0.1, 0.15) is 11.6 Å². The summed E-state index contributed by atoms with van der Waals surface area (Å²) in [6, 6.07) is 4.71. The van der Waals surface area contributed by atoms with E-state index in [9.17, 15) is 9.18 Å². The average Bonchev–Trinajstić information content (AvgIpc) is 2.40. The van der Waals surface area contributed by atoms with E-state index in [1.165, 1.54) is 6.07 Å². The summed E-state index contributed by atoms with van der Waals surface area (Å²) in [6.07, 6.45) is 1.34. The number of rotatable bonds is 8. The molecule has 1 aromatic rings. The molecule has 0 radical (unpaired) electrons. The van der Waals surface area contributed by atoms with Crippen molar-refractivity contribution in [2.75, 3.05) is 13.2 Å². The van der Waals surface area contributed by atoms with Gasteiger partial charge in [-0.2, -0.15) is 0 Å². The Hall–Kier alpha value is -1.62. The zero-order valence-corrected chi connectivity index (χ0v) is 12.3. The van der Waals surface area contributed by atoms with Crippen LogP contribution >= 0.6 is 0 Å². The first-order valence-corrected chi connectivity index (χ1v) is 6.83. The molecule has 1 atom stereocenters. The normalized spacial score (nSPS) is 13.8. The number of aryl methyl sites for hydroxylation is 1. The molecule has 0 aliphatic carbocycles. The van der Waals surface area contributed by atoms with Gasteiger partial charge in [0, 0.05) is 12.5 Å². The summed E-state index contributed by atoms with van der Waals surface area (Å²) in [5, 5.41) is 3.12. The van der Waals surface area contributed by atoms with Gasteiger partial charge in [0.2, 0.25) is 5.91 Å². The van der Waals surface area contributed by atoms with Gasteiger partial charge in [-0.1, -0.05) is 13.0 Å². The van der Waals surface area contributed by atoms with Gasteiger partial charge in [-0.15, -0.1) is 0 Å². The molecule has 3 N–H and O–H groups in total. The molecule has 0 aliphatic rings. The van der Waals surface area contributed by atoms with Crippen molar-refractivity contribution in [3.63, 3.8) is 0 Å². The van der Waals surface area contributed by atoms with Crippen LogP contribution in [0, 0.1) is 12.7 Å². The van der Waals surface area contributed by atoms with E-state index in [4.69, 9.17) is 10.5 Å². The predicted molar refractivity (Wildman–Crippen MR) is 77.1 cm³/mol. The molecule has 0 saturated carbocycles. The number of carbonyl (C=O) groups excluding carboxylic acids is 1. The van der Waals surface area contributed by atoms with E-state index in [1.807, 2.05) is 6.92 Å². The number of amides is 1. The highest BCUT2D eigenvalue weighted by molar-refractivity contribution is 5.84. The number of nitrogens with one attached hydrogen (secondary N) is 1. The maximum absolute atomic E-state index is 13.4. The van der Waals surface area contributed by atoms with Crippen molar-refractivity contribution in [1.29, 1.82) is 0 Å². The maximum Gasteiger partial charge on any atom is 0.237 e. The molecule has 0 aromatic heterocycles. The Morgan fingerprint density at radius 3 is 2.75 bits per heavy atom. The van der Waals surface area contributed by atoms with Crippen LogP contribution in [-0.2, 0) is 4.79 Å². The lowest BCUT2D eigenvalue weighted by Crippen LogP contribution is -2.54. The number of nitrogens with two attached hydrogens (primary N) is 1. The molecule has 1 amide bonds. The van der Waals surface area contributed by atoms with E-state index in [0.717, 1.165) is 6.42 Å². The van der Waals surface area contributed by atoms with Crippen LogP contribution in [0.5, 0.6) is 5.75 Å². The summed E-state index contributed by atoms with van der Waals surface area (Å²) < 4.78 is 18.8. The number of halogens is 1. The first-order chi connectivity index (χ1) is 9.39. The third kappa shape index (κ3) is 4.49. The zero-order valence-electron chi connectivity index (χ0n) is 12.3. The van der Waals surface area contributed by atoms with Crippen molar-refractivity contribution in [2.24, 2.45) is 5.73 Å². The maximum atomic E-state index is 13.4. The summed E-state index contributed by atoms with van der Waals surface area (Å²) in [5.74, 6) is -0.260. The second-order valence-corrected chi connectivity index (χ2v) is 5.13. The van der Waals surface area contributed by atoms with Crippen molar-refractivity contribution in [2.45, 2.75) is 39.2 Å². The number of ether oxygens (including phenoxy) is 1. The fourth-order valence-electron chi connectivity index (χ4n) is 1.74. The van der Waals surface area contributed by atoms with Gasteiger partial charge < -0.3 is 15.8 Å². The SMILES string of the molecule is CCCNC(C)(CCOc1ccc(C)c(F)c1)C(N)=O. The Kier molecular flexibility index (Phi) is 5.95. The topological polar surface area (TPSA) is 64.3 Å². The second-order valence-electron chi connectivity index (χ2n) is 5.13. The van der Waals surface area contributed by atoms with Gasteiger partial charge in [-0.25, -0.2) is 4.39 Å². The first kappa shape index (κ1) is 16.4. The number of benzene rings is 1. The van der Waals surface area contributed by atoms with Gasteiger partial charge in [0.15, 0.2) is 0 Å². The van der Waals surface area contributed by atoms with Crippen LogP contribution in [0.1, 0.15) is 32.3 Å². The predicted octanol–water partition coefficient (Wildman–Crippen LogP) is 2.15. The number of carbonyl (C=O) groups is 1. The van der Waals surface area contributed by atoms with Crippen LogP contribution in [0.4, 0.5) is 4.39 Å². The van der Waals surface area contributed by atoms with E-state index in [-0.39, 0.29) is 5.82 Å². The van der Waals surface area contributed by atoms with Crippen LogP contribution < -0.4 is 15.8 Å². The van der Waals surface area contributed by atoms with Crippen molar-refractivity contribution < 1.29 is 13.9 Å². The minimum atomic E-state index is -0.806. The summed E-state index contributed by atoms with van der Waals surface area (Å²) in [5.41, 5.74) is 5.18. The fourth-order valence-corrected chi connectivity index (χ4v) is 1.74. The van der Waals surface area contributed by atoms with E-state index in [1.54, 1.807) is 26.0 Å². The summed E-state index contributed by atoms with van der Waals surface area (Å²) in [7, 11) is 0. The Labute approximate surface area is 119 Å². The molecule has 0 aliphatic heterocycles. The van der Waals surface area contributed by atoms with E-state index in [2.05, 4.69) is 5.32 Å². The Balaban J connectivity index is 2.55. The molecule has 20 heavy (non-hydrogen) atoms. The Bertz CT molecular complexity index is 465. The fraction of sp³-hybridized carbons (Fsp3) is 0.533. The van der Waals surface area contributed by atoms with Gasteiger partial charge in [-0.3, -0.25) is 4.79 Å². The third-order valence-electron chi connectivity index (χ3n) is 3.32. The van der Waals surface area contributed by atoms with Crippen molar-refractivity contribution in [3.05, 3.63) is 29.6 Å². The van der Waals surface area contributed by atoms with Crippen LogP contribution in [-0.4, -0.2) is 24.6 Å². The smallest absolute Gasteiger partial charge is 0.237 e. The minimum Gasteiger partial charge on any atom is -0.493 e. The molecule has 112 valence electrons. The highest BCUT2D eigenvalue weighted by Crippen LogP contribution is 2.17. The van der Waals surface area contributed by atoms with Gasteiger partial charge in [0.25, 0.3) is 0 Å². The largest absolute Gasteiger partial charge is 0.493 e. The van der Waals surface area contributed by atoms with Crippen LogP contribution in [0.15, 0.2) is 18.2 Å². The molecule has 1 aromatic carbocycles. The van der Waals surface area contributed by atoms with E-state index in [0.29, 0.717) is 30.9 Å². The quantitative estimate of drug-likeness (QED) is 0.768. The Morgan fingerprint density at radius 2 is 2.20 bits per heavy atom. The average molecular weight is 282 g/mol. The molecule has 1 unspecified atom stereocenters. The van der Waals surface area contributed by atoms with Crippen LogP contribution in [0.2, 0.25) is 0 Å². The Morgan fingerprint density at radius 1 is 1.50 bits per heavy atom. The van der Waals surface area contributed by atoms with E-state index < -0.39 is 11.4 Å². The van der Waals surface area contributed by atoms with Gasteiger partial charge in [0.05, 0.1) is 12.1 Å². The van der Waals surface area contributed by atoms with Crippen molar-refractivity contribution in [3.8, 4) is 5.75 Å².